The number of thiophene rings is 1. The van der Waals surface area contributed by atoms with Crippen LogP contribution in [0.3, 0.4) is 0 Å². The molecule has 1 aromatic carbocycles. The number of hydrogen-bond acceptors (Lipinski definition) is 6. The van der Waals surface area contributed by atoms with Crippen LogP contribution in [0.2, 0.25) is 0 Å². The maximum absolute atomic E-state index is 5.52. The van der Waals surface area contributed by atoms with Gasteiger partial charge < -0.3 is 20.4 Å². The Hall–Kier alpha value is -2.97. The van der Waals surface area contributed by atoms with Gasteiger partial charge in [-0.2, -0.15) is 0 Å². The zero-order valence-electron chi connectivity index (χ0n) is 14.3. The van der Waals surface area contributed by atoms with Gasteiger partial charge in [-0.3, -0.25) is 0 Å². The topological polar surface area (TPSA) is 75.0 Å². The Bertz CT molecular complexity index is 1030. The minimum atomic E-state index is 0.566. The third kappa shape index (κ3) is 4.24. The Balaban J connectivity index is 1.36. The number of nitrogens with zero attached hydrogens (tertiary/aromatic N) is 2. The van der Waals surface area contributed by atoms with E-state index in [-0.39, 0.29) is 0 Å². The van der Waals surface area contributed by atoms with Crippen LogP contribution in [0.5, 0.6) is 0 Å². The van der Waals surface area contributed by atoms with E-state index >= 15 is 0 Å². The fourth-order valence-corrected chi connectivity index (χ4v) is 3.62. The molecular weight excluding hydrogens is 378 g/mol. The van der Waals surface area contributed by atoms with Crippen LogP contribution in [0.4, 0.5) is 11.6 Å². The molecule has 3 N–H and O–H groups in total. The van der Waals surface area contributed by atoms with E-state index in [2.05, 4.69) is 25.9 Å². The van der Waals surface area contributed by atoms with Crippen molar-refractivity contribution in [3.63, 3.8) is 0 Å². The zero-order chi connectivity index (χ0) is 18.5. The highest BCUT2D eigenvalue weighted by molar-refractivity contribution is 7.80. The fourth-order valence-electron chi connectivity index (χ4n) is 2.57. The SMILES string of the molecule is S=C(NCCNc1nc(-c2ccco2)c2sccc2n1)Nc1ccccc1. The summed E-state index contributed by atoms with van der Waals surface area (Å²) in [6.07, 6.45) is 1.65. The average molecular weight is 396 g/mol. The Morgan fingerprint density at radius 1 is 1.04 bits per heavy atom. The molecule has 0 amide bonds. The second kappa shape index (κ2) is 8.15. The average Bonchev–Trinajstić information content (AvgIpc) is 3.37. The molecule has 0 fully saturated rings. The molecule has 0 aliphatic carbocycles. The lowest BCUT2D eigenvalue weighted by Crippen LogP contribution is -2.32. The molecule has 4 aromatic rings. The standard InChI is InChI=1S/C19H17N5OS2/c26-19(22-13-5-2-1-3-6-13)21-10-9-20-18-23-14-8-12-27-17(14)16(24-18)15-7-4-11-25-15/h1-8,11-12H,9-10H2,(H,20,23,24)(H2,21,22,26). The van der Waals surface area contributed by atoms with E-state index in [9.17, 15) is 0 Å². The fraction of sp³-hybridized carbons (Fsp3) is 0.105. The maximum Gasteiger partial charge on any atom is 0.224 e. The number of benzene rings is 1. The van der Waals surface area contributed by atoms with Gasteiger partial charge in [0.05, 0.1) is 16.5 Å². The molecule has 27 heavy (non-hydrogen) atoms. The number of hydrogen-bond donors (Lipinski definition) is 3. The van der Waals surface area contributed by atoms with Crippen LogP contribution < -0.4 is 16.0 Å². The molecule has 0 radical (unpaired) electrons. The van der Waals surface area contributed by atoms with Gasteiger partial charge in [-0.15, -0.1) is 11.3 Å². The van der Waals surface area contributed by atoms with Crippen LogP contribution in [-0.4, -0.2) is 28.2 Å². The molecule has 4 rings (SSSR count). The van der Waals surface area contributed by atoms with E-state index in [1.54, 1.807) is 17.6 Å². The van der Waals surface area contributed by atoms with Crippen LogP contribution in [0.25, 0.3) is 21.7 Å². The molecule has 8 heteroatoms. The second-order valence-electron chi connectivity index (χ2n) is 5.68. The van der Waals surface area contributed by atoms with Crippen molar-refractivity contribution in [2.75, 3.05) is 23.7 Å². The third-order valence-corrected chi connectivity index (χ3v) is 4.94. The Labute approximate surface area is 165 Å². The highest BCUT2D eigenvalue weighted by Crippen LogP contribution is 2.31. The van der Waals surface area contributed by atoms with Gasteiger partial charge in [0.15, 0.2) is 10.9 Å². The zero-order valence-corrected chi connectivity index (χ0v) is 15.9. The van der Waals surface area contributed by atoms with Crippen LogP contribution in [0.1, 0.15) is 0 Å². The van der Waals surface area contributed by atoms with Gasteiger partial charge in [0.25, 0.3) is 0 Å². The Morgan fingerprint density at radius 2 is 1.93 bits per heavy atom. The lowest BCUT2D eigenvalue weighted by molar-refractivity contribution is 0.581. The lowest BCUT2D eigenvalue weighted by Gasteiger charge is -2.11. The third-order valence-electron chi connectivity index (χ3n) is 3.78. The van der Waals surface area contributed by atoms with E-state index in [4.69, 9.17) is 16.6 Å². The summed E-state index contributed by atoms with van der Waals surface area (Å²) in [5.41, 5.74) is 2.66. The van der Waals surface area contributed by atoms with Crippen LogP contribution in [0, 0.1) is 0 Å². The molecule has 0 atom stereocenters. The first-order chi connectivity index (χ1) is 13.3. The first-order valence-electron chi connectivity index (χ1n) is 8.42. The molecular formula is C19H17N5OS2. The number of furan rings is 1. The van der Waals surface area contributed by atoms with Crippen LogP contribution in [0.15, 0.2) is 64.6 Å². The number of nitrogens with one attached hydrogen (secondary N) is 3. The molecule has 0 aliphatic heterocycles. The monoisotopic (exact) mass is 395 g/mol. The summed E-state index contributed by atoms with van der Waals surface area (Å²) in [6.45, 7) is 1.27. The van der Waals surface area contributed by atoms with Gasteiger partial charge in [0, 0.05) is 18.8 Å². The maximum atomic E-state index is 5.52. The van der Waals surface area contributed by atoms with Crippen molar-refractivity contribution in [3.8, 4) is 11.5 Å². The normalized spacial score (nSPS) is 10.7. The van der Waals surface area contributed by atoms with Gasteiger partial charge in [-0.25, -0.2) is 9.97 Å². The van der Waals surface area contributed by atoms with Crippen molar-refractivity contribution in [2.45, 2.75) is 0 Å². The second-order valence-corrected chi connectivity index (χ2v) is 7.01. The smallest absolute Gasteiger partial charge is 0.224 e. The number of aromatic nitrogens is 2. The molecule has 0 saturated carbocycles. The molecule has 0 bridgehead atoms. The summed E-state index contributed by atoms with van der Waals surface area (Å²) >= 11 is 6.90. The molecule has 0 unspecified atom stereocenters. The van der Waals surface area contributed by atoms with Crippen LogP contribution in [-0.2, 0) is 0 Å². The minimum absolute atomic E-state index is 0.566. The van der Waals surface area contributed by atoms with E-state index in [0.29, 0.717) is 24.2 Å². The van der Waals surface area contributed by atoms with Crippen molar-refractivity contribution in [3.05, 3.63) is 60.2 Å². The van der Waals surface area contributed by atoms with Gasteiger partial charge in [-0.1, -0.05) is 18.2 Å². The molecule has 3 aromatic heterocycles. The Kier molecular flexibility index (Phi) is 5.27. The predicted octanol–water partition coefficient (Wildman–Crippen LogP) is 4.35. The first kappa shape index (κ1) is 17.4. The summed E-state index contributed by atoms with van der Waals surface area (Å²) in [4.78, 5) is 9.18. The number of para-hydroxylation sites is 1. The van der Waals surface area contributed by atoms with E-state index in [0.717, 1.165) is 27.4 Å². The number of thiocarbonyl (C=S) groups is 1. The minimum Gasteiger partial charge on any atom is -0.463 e. The van der Waals surface area contributed by atoms with E-state index in [1.807, 2.05) is 53.9 Å². The predicted molar refractivity (Wildman–Crippen MR) is 114 cm³/mol. The first-order valence-corrected chi connectivity index (χ1v) is 9.71. The van der Waals surface area contributed by atoms with Crippen molar-refractivity contribution in [1.29, 1.82) is 0 Å². The van der Waals surface area contributed by atoms with Gasteiger partial charge in [0.2, 0.25) is 5.95 Å². The summed E-state index contributed by atoms with van der Waals surface area (Å²) in [7, 11) is 0. The van der Waals surface area contributed by atoms with E-state index < -0.39 is 0 Å². The Morgan fingerprint density at radius 3 is 2.74 bits per heavy atom. The van der Waals surface area contributed by atoms with Crippen molar-refractivity contribution < 1.29 is 4.42 Å². The van der Waals surface area contributed by atoms with E-state index in [1.165, 1.54) is 0 Å². The van der Waals surface area contributed by atoms with Crippen molar-refractivity contribution in [1.82, 2.24) is 15.3 Å². The molecule has 3 heterocycles. The van der Waals surface area contributed by atoms with Crippen molar-refractivity contribution in [2.24, 2.45) is 0 Å². The number of fused-ring (bicyclic) bond motifs is 1. The summed E-state index contributed by atoms with van der Waals surface area (Å²) in [5.74, 6) is 1.30. The molecule has 6 nitrogen and oxygen atoms in total. The van der Waals surface area contributed by atoms with Crippen molar-refractivity contribution >= 4 is 50.5 Å². The lowest BCUT2D eigenvalue weighted by atomic mass is 10.3. The summed E-state index contributed by atoms with van der Waals surface area (Å²) < 4.78 is 6.53. The quantitative estimate of drug-likeness (QED) is 0.331. The number of rotatable bonds is 6. The number of anilines is 2. The van der Waals surface area contributed by atoms with Crippen LogP contribution >= 0.6 is 23.6 Å². The molecule has 136 valence electrons. The van der Waals surface area contributed by atoms with Gasteiger partial charge >= 0.3 is 0 Å². The molecule has 0 spiro atoms. The van der Waals surface area contributed by atoms with Gasteiger partial charge in [0.1, 0.15) is 5.69 Å². The summed E-state index contributed by atoms with van der Waals surface area (Å²) in [5, 5.41) is 12.1. The molecule has 0 saturated heterocycles. The highest BCUT2D eigenvalue weighted by atomic mass is 32.1. The highest BCUT2D eigenvalue weighted by Gasteiger charge is 2.13. The molecule has 0 aliphatic rings. The summed E-state index contributed by atoms with van der Waals surface area (Å²) in [6, 6.07) is 15.6. The van der Waals surface area contributed by atoms with Gasteiger partial charge in [-0.05, 0) is 47.9 Å². The largest absolute Gasteiger partial charge is 0.463 e.